The molecule has 402 valence electrons. The number of epoxide rings is 2. The number of aliphatic hydroxyl groups excluding tert-OH is 2. The second kappa shape index (κ2) is 26.8. The van der Waals surface area contributed by atoms with Crippen molar-refractivity contribution in [2.75, 3.05) is 27.4 Å². The Morgan fingerprint density at radius 1 is 0.708 bits per heavy atom. The first-order chi connectivity index (χ1) is 34.0. The molecule has 16 heteroatoms. The van der Waals surface area contributed by atoms with Gasteiger partial charge in [0.2, 0.25) is 11.8 Å². The number of nitrogens with one attached hydrogen (secondary N) is 2. The van der Waals surface area contributed by atoms with Crippen molar-refractivity contribution in [2.24, 2.45) is 17.8 Å². The maximum Gasteiger partial charge on any atom is 0.308 e. The second-order valence-electron chi connectivity index (χ2n) is 21.3. The first-order valence-corrected chi connectivity index (χ1v) is 25.8. The van der Waals surface area contributed by atoms with Crippen LogP contribution in [0.3, 0.4) is 0 Å². The maximum absolute atomic E-state index is 12.2. The highest BCUT2D eigenvalue weighted by atomic mass is 16.6. The van der Waals surface area contributed by atoms with Crippen LogP contribution in [0.4, 0.5) is 0 Å². The van der Waals surface area contributed by atoms with Crippen molar-refractivity contribution < 1.29 is 67.3 Å². The molecule has 72 heavy (non-hydrogen) atoms. The van der Waals surface area contributed by atoms with Crippen LogP contribution in [0.5, 0.6) is 0 Å². The van der Waals surface area contributed by atoms with E-state index in [1.54, 1.807) is 12.2 Å². The SMILES string of the molecule is COC(=O)C[C@@H]1C[C@@]2(CO2)[C@H](O)[C@@H](/C=C/C(C)=C\C[C@@H]2O[C@H](C)[C@H](NC(=O)/C=C\C(C)C)C=C2C)O1.COC(=O)C[C@@H]1C[C@@]2(CO2)[C@H](O)[C@@H](/C=C/C(C)=C\C[C@@H]2O[C@H](C)[C@H](NC(=O)/C=C\C(C)C)C[C@H]2C)O1. The van der Waals surface area contributed by atoms with Crippen LogP contribution in [0.15, 0.2) is 83.6 Å². The lowest BCUT2D eigenvalue weighted by Gasteiger charge is -2.39. The molecule has 16 nitrogen and oxygen atoms in total. The molecule has 4 N–H and O–H groups in total. The number of carbonyl (C=O) groups is 4. The Bertz CT molecular complexity index is 2060. The van der Waals surface area contributed by atoms with Crippen molar-refractivity contribution in [3.05, 3.63) is 83.6 Å². The molecule has 5 saturated heterocycles. The van der Waals surface area contributed by atoms with Crippen LogP contribution >= 0.6 is 0 Å². The van der Waals surface area contributed by atoms with Crippen molar-refractivity contribution >= 4 is 23.8 Å². The molecule has 6 rings (SSSR count). The van der Waals surface area contributed by atoms with Crippen molar-refractivity contribution in [3.63, 3.8) is 0 Å². The first-order valence-electron chi connectivity index (χ1n) is 25.8. The summed E-state index contributed by atoms with van der Waals surface area (Å²) in [6, 6.07) is -0.180. The number of allylic oxidation sites excluding steroid dienone is 6. The molecule has 0 aliphatic carbocycles. The topological polar surface area (TPSA) is 213 Å². The Kier molecular flexibility index (Phi) is 21.8. The van der Waals surface area contributed by atoms with E-state index in [9.17, 15) is 29.4 Å². The average Bonchev–Trinajstić information content (AvgIpc) is 4.28. The molecule has 0 radical (unpaired) electrons. The zero-order valence-corrected chi connectivity index (χ0v) is 44.7. The highest BCUT2D eigenvalue weighted by Gasteiger charge is 2.59. The molecule has 0 aromatic rings. The number of methoxy groups -OCH3 is 2. The summed E-state index contributed by atoms with van der Waals surface area (Å²) in [4.78, 5) is 47.8. The van der Waals surface area contributed by atoms with Gasteiger partial charge in [0.25, 0.3) is 0 Å². The molecule has 0 aromatic carbocycles. The predicted molar refractivity (Wildman–Crippen MR) is 272 cm³/mol. The molecule has 6 aliphatic heterocycles. The fourth-order valence-electron chi connectivity index (χ4n) is 9.46. The van der Waals surface area contributed by atoms with E-state index < -0.39 is 35.6 Å². The number of hydrogen-bond donors (Lipinski definition) is 4. The highest BCUT2D eigenvalue weighted by Crippen LogP contribution is 2.45. The van der Waals surface area contributed by atoms with Crippen LogP contribution in [0.2, 0.25) is 0 Å². The lowest BCUT2D eigenvalue weighted by atomic mass is 9.87. The largest absolute Gasteiger partial charge is 0.469 e. The number of amides is 2. The zero-order valence-electron chi connectivity index (χ0n) is 44.7. The van der Waals surface area contributed by atoms with Gasteiger partial charge in [0.05, 0.1) is 89.0 Å². The Hall–Kier alpha value is -4.26. The summed E-state index contributed by atoms with van der Waals surface area (Å²) in [6.07, 6.45) is 20.6. The third kappa shape index (κ3) is 17.4. The number of aliphatic hydroxyl groups is 2. The summed E-state index contributed by atoms with van der Waals surface area (Å²) in [6.45, 7) is 21.2. The van der Waals surface area contributed by atoms with Crippen LogP contribution in [0.1, 0.15) is 114 Å². The van der Waals surface area contributed by atoms with E-state index >= 15 is 0 Å². The van der Waals surface area contributed by atoms with Crippen LogP contribution in [-0.4, -0.2) is 146 Å². The Balaban J connectivity index is 0.000000267. The monoisotopic (exact) mass is 1010 g/mol. The van der Waals surface area contributed by atoms with Gasteiger partial charge < -0.3 is 58.7 Å². The lowest BCUT2D eigenvalue weighted by molar-refractivity contribution is -0.158. The molecule has 0 unspecified atom stereocenters. The van der Waals surface area contributed by atoms with Gasteiger partial charge in [-0.3, -0.25) is 19.2 Å². The van der Waals surface area contributed by atoms with Crippen molar-refractivity contribution in [2.45, 2.75) is 199 Å². The van der Waals surface area contributed by atoms with Gasteiger partial charge in [-0.05, 0) is 89.4 Å². The number of rotatable bonds is 18. The summed E-state index contributed by atoms with van der Waals surface area (Å²) < 4.78 is 45.1. The highest BCUT2D eigenvalue weighted by molar-refractivity contribution is 5.88. The normalized spacial score (nSPS) is 36.0. The van der Waals surface area contributed by atoms with Gasteiger partial charge in [0, 0.05) is 12.8 Å². The maximum atomic E-state index is 12.2. The standard InChI is InChI=1S/C28H43NO7.C28H41NO7/c2*1-17(2)7-12-25(30)29-22-13-19(4)23(35-20(22)5)10-8-18(3)9-11-24-27(32)28(16-34-28)15-21(36-24)14-26(31)33-6/h7-9,11-12,17,19-24,27,32H,10,13-16H2,1-6H3,(H,29,30);7-9,11-13,17,20-24,27,32H,10,14-16H2,1-6H3,(H,29,30)/b2*11-9+,12-7-,18-8-/t19-,20-,21-,22-,23+,24-,27-,28-;20-,21-,22-,23+,24-,27-,28-/m11/s1. The van der Waals surface area contributed by atoms with E-state index in [-0.39, 0.29) is 85.3 Å². The summed E-state index contributed by atoms with van der Waals surface area (Å²) in [5.74, 6) is 0.0740. The molecular formula is C56H84N2O14. The summed E-state index contributed by atoms with van der Waals surface area (Å²) in [5.41, 5.74) is 1.86. The van der Waals surface area contributed by atoms with Gasteiger partial charge in [-0.25, -0.2) is 0 Å². The van der Waals surface area contributed by atoms with Gasteiger partial charge in [-0.15, -0.1) is 0 Å². The minimum atomic E-state index is -0.786. The van der Waals surface area contributed by atoms with Crippen molar-refractivity contribution in [1.29, 1.82) is 0 Å². The van der Waals surface area contributed by atoms with Crippen molar-refractivity contribution in [1.82, 2.24) is 10.6 Å². The Labute approximate surface area is 427 Å². The fraction of sp³-hybridized carbons (Fsp3) is 0.679. The smallest absolute Gasteiger partial charge is 0.308 e. The summed E-state index contributed by atoms with van der Waals surface area (Å²) in [5, 5.41) is 27.5. The molecule has 6 heterocycles. The molecule has 15 atom stereocenters. The number of esters is 2. The van der Waals surface area contributed by atoms with Gasteiger partial charge >= 0.3 is 11.9 Å². The van der Waals surface area contributed by atoms with Crippen LogP contribution < -0.4 is 10.6 Å². The number of carbonyl (C=O) groups excluding carboxylic acids is 4. The van der Waals surface area contributed by atoms with Gasteiger partial charge in [0.15, 0.2) is 0 Å². The summed E-state index contributed by atoms with van der Waals surface area (Å²) in [7, 11) is 2.71. The van der Waals surface area contributed by atoms with Crippen molar-refractivity contribution in [3.8, 4) is 0 Å². The van der Waals surface area contributed by atoms with E-state index in [0.717, 1.165) is 29.6 Å². The average molecular weight is 1010 g/mol. The van der Waals surface area contributed by atoms with E-state index in [1.165, 1.54) is 14.2 Å². The molecule has 0 bridgehead atoms. The minimum absolute atomic E-state index is 0.00891. The van der Waals surface area contributed by atoms with Crippen LogP contribution in [0, 0.1) is 17.8 Å². The van der Waals surface area contributed by atoms with Gasteiger partial charge in [0.1, 0.15) is 35.6 Å². The van der Waals surface area contributed by atoms with E-state index in [4.69, 9.17) is 37.9 Å². The second-order valence-corrected chi connectivity index (χ2v) is 21.3. The number of ether oxygens (including phenoxy) is 8. The molecule has 0 saturated carbocycles. The molecule has 5 fully saturated rings. The van der Waals surface area contributed by atoms with E-state index in [1.807, 2.05) is 98.8 Å². The molecule has 6 aliphatic rings. The third-order valence-electron chi connectivity index (χ3n) is 14.2. The first kappa shape index (κ1) is 58.6. The number of hydrogen-bond acceptors (Lipinski definition) is 14. The third-order valence-corrected chi connectivity index (χ3v) is 14.2. The molecular weight excluding hydrogens is 925 g/mol. The van der Waals surface area contributed by atoms with Gasteiger partial charge in [-0.1, -0.05) is 100 Å². The quantitative estimate of drug-likeness (QED) is 0.0385. The van der Waals surface area contributed by atoms with Crippen LogP contribution in [0.25, 0.3) is 0 Å². The van der Waals surface area contributed by atoms with E-state index in [2.05, 4.69) is 35.8 Å². The van der Waals surface area contributed by atoms with Crippen LogP contribution in [-0.2, 0) is 57.1 Å². The Morgan fingerprint density at radius 3 is 1.64 bits per heavy atom. The van der Waals surface area contributed by atoms with E-state index in [0.29, 0.717) is 50.2 Å². The fourth-order valence-corrected chi connectivity index (χ4v) is 9.46. The lowest BCUT2D eigenvalue weighted by Crippen LogP contribution is -2.50. The zero-order chi connectivity index (χ0) is 52.9. The summed E-state index contributed by atoms with van der Waals surface area (Å²) >= 11 is 0. The minimum Gasteiger partial charge on any atom is -0.469 e. The Morgan fingerprint density at radius 2 is 1.18 bits per heavy atom. The molecule has 2 amide bonds. The molecule has 0 aromatic heterocycles. The van der Waals surface area contributed by atoms with Gasteiger partial charge in [-0.2, -0.15) is 0 Å². The molecule has 2 spiro atoms. The predicted octanol–water partition coefficient (Wildman–Crippen LogP) is 6.40.